The zero-order chi connectivity index (χ0) is 20.8. The second-order valence-corrected chi connectivity index (χ2v) is 7.40. The van der Waals surface area contributed by atoms with E-state index in [-0.39, 0.29) is 0 Å². The van der Waals surface area contributed by atoms with Gasteiger partial charge in [0, 0.05) is 45.3 Å². The first-order valence-corrected chi connectivity index (χ1v) is 10.4. The summed E-state index contributed by atoms with van der Waals surface area (Å²) in [7, 11) is 3.53. The van der Waals surface area contributed by atoms with E-state index in [1.54, 1.807) is 7.11 Å². The number of rotatable bonds is 6. The average molecular weight is 408 g/mol. The van der Waals surface area contributed by atoms with Crippen LogP contribution in [0.3, 0.4) is 0 Å². The lowest BCUT2D eigenvalue weighted by Gasteiger charge is -2.36. The highest BCUT2D eigenvalue weighted by atomic mass is 16.5. The van der Waals surface area contributed by atoms with E-state index in [9.17, 15) is 0 Å². The lowest BCUT2D eigenvalue weighted by Crippen LogP contribution is -2.51. The first-order valence-electron chi connectivity index (χ1n) is 10.4. The molecule has 158 valence electrons. The Morgan fingerprint density at radius 2 is 2.07 bits per heavy atom. The maximum Gasteiger partial charge on any atom is 0.191 e. The largest absolute Gasteiger partial charge is 0.495 e. The molecule has 30 heavy (non-hydrogen) atoms. The zero-order valence-electron chi connectivity index (χ0n) is 17.6. The Morgan fingerprint density at radius 1 is 1.20 bits per heavy atom. The third-order valence-electron chi connectivity index (χ3n) is 5.44. The fraction of sp³-hybridized carbons (Fsp3) is 0.409. The average Bonchev–Trinajstić information content (AvgIpc) is 3.21. The molecule has 4 rings (SSSR count). The number of pyridine rings is 1. The van der Waals surface area contributed by atoms with E-state index in [4.69, 9.17) is 4.74 Å². The minimum Gasteiger partial charge on any atom is -0.495 e. The number of benzene rings is 1. The normalized spacial score (nSPS) is 17.2. The second kappa shape index (κ2) is 9.47. The van der Waals surface area contributed by atoms with Crippen LogP contribution in [0.4, 0.5) is 5.69 Å². The molecule has 1 saturated heterocycles. The molecule has 3 aromatic rings. The second-order valence-electron chi connectivity index (χ2n) is 7.40. The minimum atomic E-state index is 0.323. The number of anilines is 1. The zero-order valence-corrected chi connectivity index (χ0v) is 17.6. The summed E-state index contributed by atoms with van der Waals surface area (Å²) in [6, 6.07) is 14.4. The lowest BCUT2D eigenvalue weighted by atomic mass is 10.0. The first-order chi connectivity index (χ1) is 14.8. The van der Waals surface area contributed by atoms with Crippen LogP contribution in [0, 0.1) is 0 Å². The van der Waals surface area contributed by atoms with Crippen molar-refractivity contribution in [1.82, 2.24) is 25.2 Å². The van der Waals surface area contributed by atoms with Gasteiger partial charge in [-0.2, -0.15) is 0 Å². The van der Waals surface area contributed by atoms with Crippen molar-refractivity contribution in [1.29, 1.82) is 0 Å². The Kier molecular flexibility index (Phi) is 6.32. The molecule has 0 bridgehead atoms. The molecule has 8 nitrogen and oxygen atoms in total. The van der Waals surface area contributed by atoms with Gasteiger partial charge in [-0.1, -0.05) is 18.2 Å². The topological polar surface area (TPSA) is 79.1 Å². The van der Waals surface area contributed by atoms with Crippen molar-refractivity contribution < 1.29 is 4.74 Å². The highest BCUT2D eigenvalue weighted by molar-refractivity contribution is 5.80. The summed E-state index contributed by atoms with van der Waals surface area (Å²) < 4.78 is 7.56. The predicted molar refractivity (Wildman–Crippen MR) is 119 cm³/mol. The predicted octanol–water partition coefficient (Wildman–Crippen LogP) is 2.11. The number of nitrogens with zero attached hydrogens (tertiary/aromatic N) is 5. The molecule has 1 aliphatic heterocycles. The molecule has 1 aliphatic rings. The summed E-state index contributed by atoms with van der Waals surface area (Å²) in [5.41, 5.74) is 2.02. The van der Waals surface area contributed by atoms with Gasteiger partial charge in [0.15, 0.2) is 11.6 Å². The summed E-state index contributed by atoms with van der Waals surface area (Å²) in [5.74, 6) is 2.67. The van der Waals surface area contributed by atoms with Crippen molar-refractivity contribution in [3.05, 3.63) is 54.5 Å². The molecule has 1 aromatic carbocycles. The van der Waals surface area contributed by atoms with Crippen LogP contribution < -0.4 is 20.3 Å². The molecule has 2 aromatic heterocycles. The SMILES string of the molecule is CN=C(NCCc1nnc2ccccn12)NC1CCCN(c2ccccc2OC)C1. The van der Waals surface area contributed by atoms with Gasteiger partial charge in [-0.3, -0.25) is 9.39 Å². The number of methoxy groups -OCH3 is 1. The Balaban J connectivity index is 1.32. The van der Waals surface area contributed by atoms with Crippen molar-refractivity contribution >= 4 is 17.3 Å². The quantitative estimate of drug-likeness (QED) is 0.481. The number of fused-ring (bicyclic) bond motifs is 1. The van der Waals surface area contributed by atoms with Crippen LogP contribution in [0.5, 0.6) is 5.75 Å². The standard InChI is InChI=1S/C22H29N7O/c1-23-22(24-13-12-21-27-26-20-11-5-6-15-29(20)21)25-17-8-7-14-28(16-17)18-9-3-4-10-19(18)30-2/h3-6,9-11,15,17H,7-8,12-14,16H2,1-2H3,(H2,23,24,25). The number of hydrogen-bond donors (Lipinski definition) is 2. The van der Waals surface area contributed by atoms with Gasteiger partial charge in [-0.25, -0.2) is 0 Å². The minimum absolute atomic E-state index is 0.323. The van der Waals surface area contributed by atoms with Crippen LogP contribution in [0.1, 0.15) is 18.7 Å². The van der Waals surface area contributed by atoms with Gasteiger partial charge in [0.2, 0.25) is 0 Å². The molecule has 2 N–H and O–H groups in total. The van der Waals surface area contributed by atoms with Crippen molar-refractivity contribution in [3.8, 4) is 5.75 Å². The number of nitrogens with one attached hydrogen (secondary N) is 2. The molecule has 0 spiro atoms. The Morgan fingerprint density at radius 3 is 2.93 bits per heavy atom. The molecule has 0 aliphatic carbocycles. The van der Waals surface area contributed by atoms with Gasteiger partial charge in [-0.05, 0) is 37.1 Å². The molecule has 8 heteroatoms. The van der Waals surface area contributed by atoms with E-state index >= 15 is 0 Å². The molecule has 3 heterocycles. The number of para-hydroxylation sites is 2. The van der Waals surface area contributed by atoms with Crippen molar-refractivity contribution in [2.45, 2.75) is 25.3 Å². The van der Waals surface area contributed by atoms with E-state index in [1.807, 2.05) is 48.0 Å². The van der Waals surface area contributed by atoms with E-state index in [0.29, 0.717) is 6.04 Å². The molecule has 0 amide bonds. The number of hydrogen-bond acceptors (Lipinski definition) is 5. The highest BCUT2D eigenvalue weighted by Gasteiger charge is 2.22. The maximum absolute atomic E-state index is 5.54. The van der Waals surface area contributed by atoms with Gasteiger partial charge in [-0.15, -0.1) is 10.2 Å². The van der Waals surface area contributed by atoms with Gasteiger partial charge in [0.05, 0.1) is 12.8 Å². The van der Waals surface area contributed by atoms with E-state index in [0.717, 1.165) is 67.8 Å². The van der Waals surface area contributed by atoms with Crippen LogP contribution in [-0.4, -0.2) is 60.4 Å². The summed E-state index contributed by atoms with van der Waals surface area (Å²) in [4.78, 5) is 6.79. The third kappa shape index (κ3) is 4.48. The number of ether oxygens (including phenoxy) is 1. The van der Waals surface area contributed by atoms with Crippen molar-refractivity contribution in [2.24, 2.45) is 4.99 Å². The lowest BCUT2D eigenvalue weighted by molar-refractivity contribution is 0.408. The molecule has 0 radical (unpaired) electrons. The molecular weight excluding hydrogens is 378 g/mol. The first kappa shape index (κ1) is 20.0. The summed E-state index contributed by atoms with van der Waals surface area (Å²) in [6.45, 7) is 2.68. The Labute approximate surface area is 177 Å². The number of aliphatic imine (C=N–C) groups is 1. The van der Waals surface area contributed by atoms with Gasteiger partial charge < -0.3 is 20.3 Å². The summed E-state index contributed by atoms with van der Waals surface area (Å²) in [6.07, 6.45) is 5.00. The van der Waals surface area contributed by atoms with Gasteiger partial charge in [0.1, 0.15) is 11.6 Å². The highest BCUT2D eigenvalue weighted by Crippen LogP contribution is 2.29. The Bertz CT molecular complexity index is 1000. The summed E-state index contributed by atoms with van der Waals surface area (Å²) in [5, 5.41) is 15.5. The molecule has 1 unspecified atom stereocenters. The summed E-state index contributed by atoms with van der Waals surface area (Å²) >= 11 is 0. The van der Waals surface area contributed by atoms with Crippen molar-refractivity contribution in [3.63, 3.8) is 0 Å². The molecule has 1 fully saturated rings. The van der Waals surface area contributed by atoms with E-state index in [1.165, 1.54) is 0 Å². The van der Waals surface area contributed by atoms with Gasteiger partial charge in [0.25, 0.3) is 0 Å². The van der Waals surface area contributed by atoms with Crippen LogP contribution in [-0.2, 0) is 6.42 Å². The number of guanidine groups is 1. The Hall–Kier alpha value is -3.29. The molecule has 1 atom stereocenters. The van der Waals surface area contributed by atoms with Gasteiger partial charge >= 0.3 is 0 Å². The number of piperidine rings is 1. The number of aromatic nitrogens is 3. The van der Waals surface area contributed by atoms with Crippen LogP contribution in [0.15, 0.2) is 53.7 Å². The molecule has 0 saturated carbocycles. The van der Waals surface area contributed by atoms with E-state index < -0.39 is 0 Å². The maximum atomic E-state index is 5.54. The third-order valence-corrected chi connectivity index (χ3v) is 5.44. The van der Waals surface area contributed by atoms with Crippen LogP contribution in [0.25, 0.3) is 5.65 Å². The fourth-order valence-electron chi connectivity index (χ4n) is 3.95. The van der Waals surface area contributed by atoms with Crippen LogP contribution >= 0.6 is 0 Å². The van der Waals surface area contributed by atoms with Crippen molar-refractivity contribution in [2.75, 3.05) is 38.7 Å². The smallest absolute Gasteiger partial charge is 0.191 e. The fourth-order valence-corrected chi connectivity index (χ4v) is 3.95. The molecular formula is C22H29N7O. The van der Waals surface area contributed by atoms with E-state index in [2.05, 4.69) is 42.9 Å². The monoisotopic (exact) mass is 407 g/mol. The van der Waals surface area contributed by atoms with Crippen LogP contribution in [0.2, 0.25) is 0 Å².